The average Bonchev–Trinajstić information content (AvgIpc) is 0.753. The number of aryl methyl sites for hydroxylation is 9. The standard InChI is InChI=1S/C36H42N6O5.C35H40N6O4.C34H38N6O5/c1-23-8-7-9-24(2)32(23)41-22-27-21-37-35(39-34(27)42(36(41)43)30-11-10-29(44-5)20-31(30)45-6)38-28-18-25(3)33(26(4)19-28)47-17-14-40-12-15-46-16-13-40;1-24-7-5-8-25(2)32(24)40-23-27-22-36-34(37-28-12-10-26(11-13-28)9-6-16-39-17-19-45-20-18-39)38-33(27)41(35(40)42)30-15-14-29(43-3)21-31(30)44-4;1-23-7-5-8-24(2)31(23)39-22-25-21-35-33(36-26-9-6-10-28(19-26)45-18-15-38-13-16-44-17-14-38)37-32(25)40(34(39)41)29-12-11-27(42-3)20-30(29)43-4/h7-11,18-21H,12-17,22H2,1-6H3,(H,37,38,39);5,7-8,10-15,21-22H,6,9,16-20,23H2,1-4H3,(H,36,37,38);5-12,19-21H,13-18,22H2,1-4H3,(H,35,36,37). The number of aromatic nitrogens is 6. The van der Waals surface area contributed by atoms with Crippen LogP contribution in [0.5, 0.6) is 46.0 Å². The number of anilines is 15. The molecule has 18 rings (SSSR count). The first-order valence-electron chi connectivity index (χ1n) is 46.2. The van der Waals surface area contributed by atoms with Crippen molar-refractivity contribution in [3.63, 3.8) is 0 Å². The molecule has 12 aromatic rings. The zero-order valence-corrected chi connectivity index (χ0v) is 80.4. The molecule has 0 bridgehead atoms. The van der Waals surface area contributed by atoms with E-state index in [1.807, 2.05) is 177 Å². The van der Waals surface area contributed by atoms with Crippen LogP contribution in [0.25, 0.3) is 0 Å². The van der Waals surface area contributed by atoms with Gasteiger partial charge in [-0.25, -0.2) is 44.0 Å². The molecular weight excluding hydrogens is 1740 g/mol. The lowest BCUT2D eigenvalue weighted by atomic mass is 10.1. The molecule has 3 saturated heterocycles. The molecule has 0 aliphatic carbocycles. The Balaban J connectivity index is 0.000000149. The second-order valence-corrected chi connectivity index (χ2v) is 34.3. The molecule has 0 spiro atoms. The molecule has 6 aliphatic heterocycles. The highest BCUT2D eigenvalue weighted by atomic mass is 16.5. The third-order valence-corrected chi connectivity index (χ3v) is 25.0. The second kappa shape index (κ2) is 44.4. The molecule has 0 atom stereocenters. The minimum absolute atomic E-state index is 0.227. The van der Waals surface area contributed by atoms with Crippen molar-refractivity contribution in [3.8, 4) is 46.0 Å². The minimum Gasteiger partial charge on any atom is -0.497 e. The molecule has 32 heteroatoms. The van der Waals surface area contributed by atoms with Crippen LogP contribution >= 0.6 is 0 Å². The Morgan fingerprint density at radius 1 is 0.336 bits per heavy atom. The van der Waals surface area contributed by atoms with E-state index in [0.29, 0.717) is 120 Å². The SMILES string of the molecule is COc1ccc(N2C(=O)N(c3c(C)cccc3C)Cc3cnc(Nc4cc(C)c(OCCN5CCOCC5)c(C)c4)nc32)c(OC)c1.COc1ccc(N2C(=O)N(c3c(C)cccc3C)Cc3cnc(Nc4ccc(CCCN5CCOCC5)cc4)nc32)c(OC)c1.COc1ccc(N2C(=O)N(c3c(C)cccc3C)Cc3cnc(Nc4cccc(OCCN5CCOCC5)c4)nc32)c(OC)c1. The quantitative estimate of drug-likeness (QED) is 0.0377. The molecule has 0 saturated carbocycles. The Morgan fingerprint density at radius 2 is 0.679 bits per heavy atom. The van der Waals surface area contributed by atoms with E-state index in [2.05, 4.69) is 57.7 Å². The highest BCUT2D eigenvalue weighted by Crippen LogP contribution is 2.48. The maximum Gasteiger partial charge on any atom is 0.335 e. The average molecular weight is 1860 g/mol. The molecule has 3 aromatic heterocycles. The number of rotatable bonds is 30. The molecule has 32 nitrogen and oxygen atoms in total. The van der Waals surface area contributed by atoms with Gasteiger partial charge >= 0.3 is 18.1 Å². The van der Waals surface area contributed by atoms with Crippen molar-refractivity contribution >= 4 is 105 Å². The number of hydrogen-bond donors (Lipinski definition) is 3. The molecule has 714 valence electrons. The normalized spacial score (nSPS) is 15.1. The van der Waals surface area contributed by atoms with Crippen LogP contribution in [-0.2, 0) is 40.3 Å². The Bertz CT molecular complexity index is 6210. The number of para-hydroxylation sites is 3. The zero-order chi connectivity index (χ0) is 95.8. The van der Waals surface area contributed by atoms with Crippen LogP contribution in [-0.4, -0.2) is 217 Å². The summed E-state index contributed by atoms with van der Waals surface area (Å²) in [6.45, 7) is 31.6. The lowest BCUT2D eigenvalue weighted by Gasteiger charge is -2.37. The zero-order valence-electron chi connectivity index (χ0n) is 80.4. The van der Waals surface area contributed by atoms with Crippen molar-refractivity contribution in [2.45, 2.75) is 87.9 Å². The van der Waals surface area contributed by atoms with Gasteiger partial charge in [-0.3, -0.25) is 29.4 Å². The van der Waals surface area contributed by atoms with Crippen molar-refractivity contribution in [2.75, 3.05) is 200 Å². The first kappa shape index (κ1) is 95.7. The van der Waals surface area contributed by atoms with E-state index in [0.717, 1.165) is 218 Å². The number of benzene rings is 9. The van der Waals surface area contributed by atoms with Crippen molar-refractivity contribution in [2.24, 2.45) is 0 Å². The highest BCUT2D eigenvalue weighted by molar-refractivity contribution is 6.14. The number of nitrogens with one attached hydrogen (secondary N) is 3. The van der Waals surface area contributed by atoms with Gasteiger partial charge in [0.15, 0.2) is 17.5 Å². The lowest BCUT2D eigenvalue weighted by Crippen LogP contribution is -2.46. The molecule has 0 unspecified atom stereocenters. The largest absolute Gasteiger partial charge is 0.497 e. The molecule has 0 radical (unpaired) electrons. The lowest BCUT2D eigenvalue weighted by molar-refractivity contribution is 0.0321. The number of urea groups is 3. The van der Waals surface area contributed by atoms with E-state index in [1.54, 1.807) is 127 Å². The third kappa shape index (κ3) is 22.2. The number of hydrogen-bond acceptors (Lipinski definition) is 26. The van der Waals surface area contributed by atoms with Gasteiger partial charge in [-0.1, -0.05) is 72.8 Å². The van der Waals surface area contributed by atoms with Gasteiger partial charge in [0.1, 0.15) is 59.2 Å². The van der Waals surface area contributed by atoms with Gasteiger partial charge in [0.05, 0.1) is 136 Å². The van der Waals surface area contributed by atoms with Crippen LogP contribution < -0.4 is 83.2 Å². The summed E-state index contributed by atoms with van der Waals surface area (Å²) in [5.74, 6) is 7.52. The summed E-state index contributed by atoms with van der Waals surface area (Å²) in [5, 5.41) is 10.00. The molecule has 137 heavy (non-hydrogen) atoms. The summed E-state index contributed by atoms with van der Waals surface area (Å²) in [7, 11) is 9.51. The summed E-state index contributed by atoms with van der Waals surface area (Å²) in [6, 6.07) is 53.6. The Morgan fingerprint density at radius 3 is 1.04 bits per heavy atom. The molecule has 6 amide bonds. The van der Waals surface area contributed by atoms with E-state index in [1.165, 1.54) is 5.56 Å². The van der Waals surface area contributed by atoms with Gasteiger partial charge in [-0.15, -0.1) is 0 Å². The molecule has 9 aromatic carbocycles. The van der Waals surface area contributed by atoms with Crippen LogP contribution in [0, 0.1) is 55.4 Å². The molecular formula is C105H120N18O14. The van der Waals surface area contributed by atoms with Crippen LogP contribution in [0.15, 0.2) is 188 Å². The predicted molar refractivity (Wildman–Crippen MR) is 533 cm³/mol. The summed E-state index contributed by atoms with van der Waals surface area (Å²) in [5.41, 5.74) is 18.5. The van der Waals surface area contributed by atoms with Crippen molar-refractivity contribution < 1.29 is 66.5 Å². The van der Waals surface area contributed by atoms with E-state index in [9.17, 15) is 14.4 Å². The number of carbonyl (C=O) groups excluding carboxylic acids is 3. The number of nitrogens with zero attached hydrogens (tertiary/aromatic N) is 15. The van der Waals surface area contributed by atoms with Crippen LogP contribution in [0.4, 0.5) is 101 Å². The van der Waals surface area contributed by atoms with Gasteiger partial charge in [-0.05, 0) is 198 Å². The predicted octanol–water partition coefficient (Wildman–Crippen LogP) is 18.7. The van der Waals surface area contributed by atoms with Gasteiger partial charge in [0, 0.05) is 129 Å². The fraction of sp³-hybridized carbons (Fsp3) is 0.343. The van der Waals surface area contributed by atoms with Crippen LogP contribution in [0.3, 0.4) is 0 Å². The van der Waals surface area contributed by atoms with Gasteiger partial charge in [-0.2, -0.15) is 15.0 Å². The number of carbonyl (C=O) groups is 3. The maximum absolute atomic E-state index is 14.5. The summed E-state index contributed by atoms with van der Waals surface area (Å²) >= 11 is 0. The van der Waals surface area contributed by atoms with Gasteiger partial charge < -0.3 is 68.1 Å². The first-order chi connectivity index (χ1) is 66.7. The van der Waals surface area contributed by atoms with E-state index in [4.69, 9.17) is 67.1 Å². The number of methoxy groups -OCH3 is 6. The Labute approximate surface area is 800 Å². The van der Waals surface area contributed by atoms with E-state index < -0.39 is 0 Å². The van der Waals surface area contributed by atoms with Crippen LogP contribution in [0.2, 0.25) is 0 Å². The smallest absolute Gasteiger partial charge is 0.335 e. The van der Waals surface area contributed by atoms with Gasteiger partial charge in [0.2, 0.25) is 17.8 Å². The number of amides is 6. The number of ether oxygens (including phenoxy) is 11. The second-order valence-electron chi connectivity index (χ2n) is 34.3. The van der Waals surface area contributed by atoms with Gasteiger partial charge in [0.25, 0.3) is 0 Å². The van der Waals surface area contributed by atoms with Crippen molar-refractivity contribution in [3.05, 3.63) is 255 Å². The van der Waals surface area contributed by atoms with Crippen LogP contribution in [0.1, 0.15) is 73.2 Å². The summed E-state index contributed by atoms with van der Waals surface area (Å²) < 4.78 is 62.1. The Kier molecular flexibility index (Phi) is 31.0. The topological polar surface area (TPSA) is 295 Å². The number of morpholine rings is 3. The molecule has 6 aliphatic rings. The molecule has 9 heterocycles. The molecule has 3 N–H and O–H groups in total. The summed E-state index contributed by atoms with van der Waals surface area (Å²) in [6.07, 6.45) is 7.47. The monoisotopic (exact) mass is 1860 g/mol. The third-order valence-electron chi connectivity index (χ3n) is 25.0. The van der Waals surface area contributed by atoms with Crippen molar-refractivity contribution in [1.29, 1.82) is 0 Å². The van der Waals surface area contributed by atoms with Crippen molar-refractivity contribution in [1.82, 2.24) is 44.6 Å². The first-order valence-corrected chi connectivity index (χ1v) is 46.2. The fourth-order valence-corrected chi connectivity index (χ4v) is 18.0. The fourth-order valence-electron chi connectivity index (χ4n) is 18.0. The number of fused-ring (bicyclic) bond motifs is 3. The van der Waals surface area contributed by atoms with E-state index >= 15 is 0 Å². The maximum atomic E-state index is 14.5. The molecule has 3 fully saturated rings. The highest BCUT2D eigenvalue weighted by Gasteiger charge is 2.41. The van der Waals surface area contributed by atoms with E-state index in [-0.39, 0.29) is 18.1 Å². The Hall–Kier alpha value is -14.4. The summed E-state index contributed by atoms with van der Waals surface area (Å²) in [4.78, 5) is 89.2. The minimum atomic E-state index is -0.247.